The Labute approximate surface area is 102 Å². The van der Waals surface area contributed by atoms with Crippen LogP contribution in [0.2, 0.25) is 0 Å². The fraction of sp³-hybridized carbons (Fsp3) is 0.308. The summed E-state index contributed by atoms with van der Waals surface area (Å²) in [5.74, 6) is 1.04. The number of benzene rings is 1. The minimum absolute atomic E-state index is 0.638. The largest absolute Gasteiger partial charge is 0.363 e. The van der Waals surface area contributed by atoms with E-state index in [9.17, 15) is 0 Å². The summed E-state index contributed by atoms with van der Waals surface area (Å²) in [6.45, 7) is 2.25. The maximum Gasteiger partial charge on any atom is 0.127 e. The molecule has 1 aromatic heterocycles. The number of nitrogens with zero attached hydrogens (tertiary/aromatic N) is 3. The molecule has 2 rings (SSSR count). The molecule has 4 nitrogen and oxygen atoms in total. The van der Waals surface area contributed by atoms with Crippen LogP contribution in [0.25, 0.3) is 0 Å². The third-order valence-electron chi connectivity index (χ3n) is 2.77. The smallest absolute Gasteiger partial charge is 0.127 e. The number of rotatable bonds is 5. The Bertz CT molecular complexity index is 449. The van der Waals surface area contributed by atoms with E-state index in [1.165, 1.54) is 5.69 Å². The van der Waals surface area contributed by atoms with Crippen molar-refractivity contribution in [3.05, 3.63) is 48.5 Å². The zero-order valence-corrected chi connectivity index (χ0v) is 10.1. The first-order valence-electron chi connectivity index (χ1n) is 5.77. The van der Waals surface area contributed by atoms with E-state index in [0.717, 1.165) is 18.9 Å². The van der Waals surface area contributed by atoms with Gasteiger partial charge in [0.05, 0.1) is 6.54 Å². The summed E-state index contributed by atoms with van der Waals surface area (Å²) < 4.78 is 2.03. The summed E-state index contributed by atoms with van der Waals surface area (Å²) >= 11 is 0. The van der Waals surface area contributed by atoms with Gasteiger partial charge in [0.15, 0.2) is 0 Å². The number of hydrogen-bond acceptors (Lipinski definition) is 3. The van der Waals surface area contributed by atoms with Crippen molar-refractivity contribution in [2.24, 2.45) is 12.8 Å². The SMILES string of the molecule is Cn1ccnc1CN(CCN)c1ccccc1. The summed E-state index contributed by atoms with van der Waals surface area (Å²) in [5.41, 5.74) is 6.85. The molecule has 0 saturated carbocycles. The van der Waals surface area contributed by atoms with Crippen LogP contribution in [0.5, 0.6) is 0 Å². The Kier molecular flexibility index (Phi) is 3.77. The van der Waals surface area contributed by atoms with E-state index in [1.54, 1.807) is 0 Å². The van der Waals surface area contributed by atoms with Gasteiger partial charge in [-0.2, -0.15) is 0 Å². The second kappa shape index (κ2) is 5.50. The van der Waals surface area contributed by atoms with E-state index >= 15 is 0 Å². The molecule has 0 bridgehead atoms. The Balaban J connectivity index is 2.16. The van der Waals surface area contributed by atoms with Crippen molar-refractivity contribution in [2.45, 2.75) is 6.54 Å². The van der Waals surface area contributed by atoms with Gasteiger partial charge in [0.25, 0.3) is 0 Å². The van der Waals surface area contributed by atoms with Gasteiger partial charge in [-0.3, -0.25) is 0 Å². The Morgan fingerprint density at radius 1 is 1.29 bits per heavy atom. The predicted octanol–water partition coefficient (Wildman–Crippen LogP) is 1.39. The lowest BCUT2D eigenvalue weighted by Gasteiger charge is -2.23. The minimum Gasteiger partial charge on any atom is -0.363 e. The van der Waals surface area contributed by atoms with Gasteiger partial charge in [-0.15, -0.1) is 0 Å². The van der Waals surface area contributed by atoms with Crippen LogP contribution in [0.4, 0.5) is 5.69 Å². The molecule has 0 unspecified atom stereocenters. The van der Waals surface area contributed by atoms with Gasteiger partial charge in [0.2, 0.25) is 0 Å². The van der Waals surface area contributed by atoms with Crippen LogP contribution >= 0.6 is 0 Å². The van der Waals surface area contributed by atoms with Crippen LogP contribution in [0, 0.1) is 0 Å². The van der Waals surface area contributed by atoms with Gasteiger partial charge in [0, 0.05) is 38.2 Å². The molecular weight excluding hydrogens is 212 g/mol. The Morgan fingerprint density at radius 2 is 2.06 bits per heavy atom. The first-order valence-corrected chi connectivity index (χ1v) is 5.77. The summed E-state index contributed by atoms with van der Waals surface area (Å²) in [6.07, 6.45) is 3.78. The second-order valence-corrected chi connectivity index (χ2v) is 4.00. The highest BCUT2D eigenvalue weighted by Gasteiger charge is 2.08. The molecule has 90 valence electrons. The van der Waals surface area contributed by atoms with Crippen molar-refractivity contribution in [1.29, 1.82) is 0 Å². The molecule has 17 heavy (non-hydrogen) atoms. The van der Waals surface area contributed by atoms with Crippen LogP contribution in [-0.4, -0.2) is 22.6 Å². The van der Waals surface area contributed by atoms with Crippen molar-refractivity contribution in [2.75, 3.05) is 18.0 Å². The highest BCUT2D eigenvalue weighted by molar-refractivity contribution is 5.46. The lowest BCUT2D eigenvalue weighted by atomic mass is 10.3. The molecule has 0 spiro atoms. The van der Waals surface area contributed by atoms with Crippen molar-refractivity contribution in [1.82, 2.24) is 9.55 Å². The number of para-hydroxylation sites is 1. The molecule has 0 aliphatic rings. The first-order chi connectivity index (χ1) is 8.31. The summed E-state index contributed by atoms with van der Waals surface area (Å²) in [6, 6.07) is 10.3. The molecule has 0 aliphatic heterocycles. The van der Waals surface area contributed by atoms with Crippen molar-refractivity contribution < 1.29 is 0 Å². The van der Waals surface area contributed by atoms with Crippen LogP contribution in [-0.2, 0) is 13.6 Å². The second-order valence-electron chi connectivity index (χ2n) is 4.00. The average molecular weight is 230 g/mol. The van der Waals surface area contributed by atoms with Crippen molar-refractivity contribution in [3.63, 3.8) is 0 Å². The lowest BCUT2D eigenvalue weighted by molar-refractivity contribution is 0.714. The average Bonchev–Trinajstić information content (AvgIpc) is 2.76. The van der Waals surface area contributed by atoms with Crippen molar-refractivity contribution >= 4 is 5.69 Å². The minimum atomic E-state index is 0.638. The van der Waals surface area contributed by atoms with Gasteiger partial charge in [-0.05, 0) is 12.1 Å². The van der Waals surface area contributed by atoms with Crippen LogP contribution in [0.3, 0.4) is 0 Å². The zero-order chi connectivity index (χ0) is 12.1. The van der Waals surface area contributed by atoms with Crippen LogP contribution in [0.15, 0.2) is 42.7 Å². The number of aryl methyl sites for hydroxylation is 1. The van der Waals surface area contributed by atoms with E-state index in [-0.39, 0.29) is 0 Å². The third kappa shape index (κ3) is 2.85. The summed E-state index contributed by atoms with van der Waals surface area (Å²) in [5, 5.41) is 0. The van der Waals surface area contributed by atoms with Crippen molar-refractivity contribution in [3.8, 4) is 0 Å². The number of anilines is 1. The number of hydrogen-bond donors (Lipinski definition) is 1. The molecule has 0 atom stereocenters. The topological polar surface area (TPSA) is 47.1 Å². The molecule has 4 heteroatoms. The quantitative estimate of drug-likeness (QED) is 0.844. The molecule has 0 amide bonds. The van der Waals surface area contributed by atoms with E-state index in [4.69, 9.17) is 5.73 Å². The molecule has 0 aliphatic carbocycles. The summed E-state index contributed by atoms with van der Waals surface area (Å²) in [7, 11) is 2.01. The highest BCUT2D eigenvalue weighted by Crippen LogP contribution is 2.15. The number of aromatic nitrogens is 2. The Hall–Kier alpha value is -1.81. The highest BCUT2D eigenvalue weighted by atomic mass is 15.2. The molecule has 1 heterocycles. The van der Waals surface area contributed by atoms with Gasteiger partial charge < -0.3 is 15.2 Å². The third-order valence-corrected chi connectivity index (χ3v) is 2.77. The fourth-order valence-electron chi connectivity index (χ4n) is 1.81. The maximum atomic E-state index is 5.66. The van der Waals surface area contributed by atoms with E-state index in [1.807, 2.05) is 42.2 Å². The zero-order valence-electron chi connectivity index (χ0n) is 10.1. The van der Waals surface area contributed by atoms with Gasteiger partial charge in [-0.1, -0.05) is 18.2 Å². The van der Waals surface area contributed by atoms with Gasteiger partial charge in [0.1, 0.15) is 5.82 Å². The molecule has 0 saturated heterocycles. The number of nitrogens with two attached hydrogens (primary N) is 1. The monoisotopic (exact) mass is 230 g/mol. The maximum absolute atomic E-state index is 5.66. The normalized spacial score (nSPS) is 10.5. The van der Waals surface area contributed by atoms with Crippen LogP contribution in [0.1, 0.15) is 5.82 Å². The van der Waals surface area contributed by atoms with Gasteiger partial charge in [-0.25, -0.2) is 4.98 Å². The van der Waals surface area contributed by atoms with Gasteiger partial charge >= 0.3 is 0 Å². The lowest BCUT2D eigenvalue weighted by Crippen LogP contribution is -2.29. The molecule has 0 radical (unpaired) electrons. The fourth-order valence-corrected chi connectivity index (χ4v) is 1.81. The first kappa shape index (κ1) is 11.7. The molecular formula is C13H18N4. The molecule has 0 fully saturated rings. The molecule has 2 N–H and O–H groups in total. The van der Waals surface area contributed by atoms with E-state index < -0.39 is 0 Å². The predicted molar refractivity (Wildman–Crippen MR) is 69.8 cm³/mol. The standard InChI is InChI=1S/C13H18N4/c1-16-10-8-15-13(16)11-17(9-7-14)12-5-3-2-4-6-12/h2-6,8,10H,7,9,11,14H2,1H3. The van der Waals surface area contributed by atoms with E-state index in [0.29, 0.717) is 6.54 Å². The summed E-state index contributed by atoms with van der Waals surface area (Å²) in [4.78, 5) is 6.58. The molecule has 1 aromatic carbocycles. The van der Waals surface area contributed by atoms with E-state index in [2.05, 4.69) is 22.0 Å². The Morgan fingerprint density at radius 3 is 2.65 bits per heavy atom. The van der Waals surface area contributed by atoms with Crippen LogP contribution < -0.4 is 10.6 Å². The molecule has 2 aromatic rings. The number of imidazole rings is 1.